The first kappa shape index (κ1) is 17.7. The topological polar surface area (TPSA) is 67.1 Å². The van der Waals surface area contributed by atoms with Gasteiger partial charge in [-0.25, -0.2) is 4.99 Å². The van der Waals surface area contributed by atoms with Crippen LogP contribution in [0.15, 0.2) is 50.7 Å². The SMILES string of the molecule is CCOc1ccc(N=C2NC(=O)/C(=C/c3ccc(N4CCCC4)o3)S2)cc1. The number of carbonyl (C=O) groups is 1. The van der Waals surface area contributed by atoms with Crippen LogP contribution in [0.4, 0.5) is 11.6 Å². The van der Waals surface area contributed by atoms with Crippen LogP contribution in [0.25, 0.3) is 6.08 Å². The van der Waals surface area contributed by atoms with Gasteiger partial charge in [0, 0.05) is 25.2 Å². The molecule has 140 valence electrons. The first-order valence-corrected chi connectivity index (χ1v) is 9.90. The zero-order valence-electron chi connectivity index (χ0n) is 15.1. The lowest BCUT2D eigenvalue weighted by Gasteiger charge is -2.12. The van der Waals surface area contributed by atoms with Crippen molar-refractivity contribution in [3.8, 4) is 5.75 Å². The van der Waals surface area contributed by atoms with Crippen molar-refractivity contribution in [1.82, 2.24) is 5.32 Å². The van der Waals surface area contributed by atoms with E-state index in [1.54, 1.807) is 6.08 Å². The minimum atomic E-state index is -0.163. The van der Waals surface area contributed by atoms with Crippen molar-refractivity contribution < 1.29 is 13.9 Å². The summed E-state index contributed by atoms with van der Waals surface area (Å²) in [5, 5.41) is 3.35. The van der Waals surface area contributed by atoms with Gasteiger partial charge < -0.3 is 19.4 Å². The number of amidine groups is 1. The summed E-state index contributed by atoms with van der Waals surface area (Å²) in [5.41, 5.74) is 0.761. The molecule has 2 aliphatic rings. The molecule has 2 fully saturated rings. The predicted octanol–water partition coefficient (Wildman–Crippen LogP) is 4.17. The number of nitrogens with zero attached hydrogens (tertiary/aromatic N) is 2. The fourth-order valence-corrected chi connectivity index (χ4v) is 3.86. The van der Waals surface area contributed by atoms with Gasteiger partial charge in [-0.05, 0) is 61.9 Å². The number of carbonyl (C=O) groups excluding carboxylic acids is 1. The van der Waals surface area contributed by atoms with Crippen molar-refractivity contribution in [3.05, 3.63) is 47.1 Å². The molecule has 0 atom stereocenters. The second-order valence-electron chi connectivity index (χ2n) is 6.28. The molecule has 0 unspecified atom stereocenters. The van der Waals surface area contributed by atoms with Gasteiger partial charge in [0.25, 0.3) is 5.91 Å². The molecule has 0 spiro atoms. The van der Waals surface area contributed by atoms with E-state index < -0.39 is 0 Å². The summed E-state index contributed by atoms with van der Waals surface area (Å²) >= 11 is 1.31. The zero-order chi connectivity index (χ0) is 18.6. The molecular formula is C20H21N3O3S. The van der Waals surface area contributed by atoms with Gasteiger partial charge >= 0.3 is 0 Å². The fraction of sp³-hybridized carbons (Fsp3) is 0.300. The maximum absolute atomic E-state index is 12.2. The maximum atomic E-state index is 12.2. The van der Waals surface area contributed by atoms with Crippen molar-refractivity contribution >= 4 is 40.5 Å². The Balaban J connectivity index is 1.46. The first-order valence-electron chi connectivity index (χ1n) is 9.08. The molecule has 2 aliphatic heterocycles. The summed E-state index contributed by atoms with van der Waals surface area (Å²) in [6.07, 6.45) is 4.15. The Morgan fingerprint density at radius 3 is 2.74 bits per heavy atom. The van der Waals surface area contributed by atoms with Gasteiger partial charge in [0.2, 0.25) is 0 Å². The molecule has 1 amide bonds. The Labute approximate surface area is 162 Å². The number of hydrogen-bond donors (Lipinski definition) is 1. The molecule has 1 aromatic heterocycles. The molecule has 0 aliphatic carbocycles. The van der Waals surface area contributed by atoms with Crippen LogP contribution in [-0.2, 0) is 4.79 Å². The van der Waals surface area contributed by atoms with E-state index in [4.69, 9.17) is 9.15 Å². The summed E-state index contributed by atoms with van der Waals surface area (Å²) in [4.78, 5) is 19.5. The number of anilines is 1. The Bertz CT molecular complexity index is 880. The van der Waals surface area contributed by atoms with E-state index in [-0.39, 0.29) is 5.91 Å². The highest BCUT2D eigenvalue weighted by Gasteiger charge is 2.24. The van der Waals surface area contributed by atoms with E-state index in [1.807, 2.05) is 43.3 Å². The van der Waals surface area contributed by atoms with Gasteiger partial charge in [-0.1, -0.05) is 0 Å². The third-order valence-corrected chi connectivity index (χ3v) is 5.24. The molecule has 7 heteroatoms. The number of benzene rings is 1. The van der Waals surface area contributed by atoms with Gasteiger partial charge in [-0.2, -0.15) is 0 Å². The van der Waals surface area contributed by atoms with Crippen molar-refractivity contribution in [2.24, 2.45) is 4.99 Å². The van der Waals surface area contributed by atoms with E-state index in [0.717, 1.165) is 30.4 Å². The minimum Gasteiger partial charge on any atom is -0.494 e. The maximum Gasteiger partial charge on any atom is 0.264 e. The molecule has 0 bridgehead atoms. The van der Waals surface area contributed by atoms with Gasteiger partial charge in [0.05, 0.1) is 17.2 Å². The molecule has 3 heterocycles. The Morgan fingerprint density at radius 1 is 1.22 bits per heavy atom. The minimum absolute atomic E-state index is 0.163. The number of thioether (sulfide) groups is 1. The molecule has 0 saturated carbocycles. The lowest BCUT2D eigenvalue weighted by Crippen LogP contribution is -2.19. The molecule has 27 heavy (non-hydrogen) atoms. The van der Waals surface area contributed by atoms with Crippen molar-refractivity contribution in [3.63, 3.8) is 0 Å². The third kappa shape index (κ3) is 4.19. The van der Waals surface area contributed by atoms with Crippen LogP contribution in [0.1, 0.15) is 25.5 Å². The Morgan fingerprint density at radius 2 is 2.00 bits per heavy atom. The normalized spacial score (nSPS) is 19.9. The molecular weight excluding hydrogens is 362 g/mol. The number of amides is 1. The quantitative estimate of drug-likeness (QED) is 0.785. The highest BCUT2D eigenvalue weighted by atomic mass is 32.2. The molecule has 1 aromatic carbocycles. The predicted molar refractivity (Wildman–Crippen MR) is 109 cm³/mol. The van der Waals surface area contributed by atoms with E-state index in [1.165, 1.54) is 24.6 Å². The highest BCUT2D eigenvalue weighted by molar-refractivity contribution is 8.18. The monoisotopic (exact) mass is 383 g/mol. The average molecular weight is 383 g/mol. The largest absolute Gasteiger partial charge is 0.494 e. The van der Waals surface area contributed by atoms with Crippen LogP contribution in [0.3, 0.4) is 0 Å². The van der Waals surface area contributed by atoms with E-state index in [9.17, 15) is 4.79 Å². The van der Waals surface area contributed by atoms with Gasteiger partial charge in [-0.15, -0.1) is 0 Å². The van der Waals surface area contributed by atoms with Crippen molar-refractivity contribution in [1.29, 1.82) is 0 Å². The number of ether oxygens (including phenoxy) is 1. The number of hydrogen-bond acceptors (Lipinski definition) is 6. The smallest absolute Gasteiger partial charge is 0.264 e. The number of nitrogens with one attached hydrogen (secondary N) is 1. The van der Waals surface area contributed by atoms with Crippen LogP contribution < -0.4 is 15.0 Å². The second-order valence-corrected chi connectivity index (χ2v) is 7.31. The summed E-state index contributed by atoms with van der Waals surface area (Å²) < 4.78 is 11.3. The number of rotatable bonds is 5. The molecule has 1 N–H and O–H groups in total. The highest BCUT2D eigenvalue weighted by Crippen LogP contribution is 2.30. The van der Waals surface area contributed by atoms with Crippen LogP contribution in [-0.4, -0.2) is 30.8 Å². The second kappa shape index (κ2) is 7.92. The number of furan rings is 1. The lowest BCUT2D eigenvalue weighted by molar-refractivity contribution is -0.115. The standard InChI is InChI=1S/C20H21N3O3S/c1-2-25-15-7-5-14(6-8-15)21-20-22-19(24)17(27-20)13-16-9-10-18(26-16)23-11-3-4-12-23/h5-10,13H,2-4,11-12H2,1H3,(H,21,22,24)/b17-13-. The summed E-state index contributed by atoms with van der Waals surface area (Å²) in [5.74, 6) is 2.18. The molecule has 2 aromatic rings. The van der Waals surface area contributed by atoms with E-state index in [0.29, 0.717) is 22.4 Å². The van der Waals surface area contributed by atoms with Gasteiger partial charge in [-0.3, -0.25) is 4.79 Å². The van der Waals surface area contributed by atoms with Crippen LogP contribution in [0.2, 0.25) is 0 Å². The molecule has 4 rings (SSSR count). The van der Waals surface area contributed by atoms with Gasteiger partial charge in [0.15, 0.2) is 11.1 Å². The zero-order valence-corrected chi connectivity index (χ0v) is 15.9. The molecule has 2 saturated heterocycles. The average Bonchev–Trinajstić information content (AvgIpc) is 3.39. The van der Waals surface area contributed by atoms with Gasteiger partial charge in [0.1, 0.15) is 11.5 Å². The molecule has 0 radical (unpaired) electrons. The van der Waals surface area contributed by atoms with Crippen molar-refractivity contribution in [2.45, 2.75) is 19.8 Å². The Kier molecular flexibility index (Phi) is 5.20. The summed E-state index contributed by atoms with van der Waals surface area (Å²) in [7, 11) is 0. The third-order valence-electron chi connectivity index (χ3n) is 4.33. The fourth-order valence-electron chi connectivity index (χ4n) is 3.04. The van der Waals surface area contributed by atoms with E-state index in [2.05, 4.69) is 15.2 Å². The van der Waals surface area contributed by atoms with Crippen LogP contribution in [0.5, 0.6) is 5.75 Å². The Hall–Kier alpha value is -2.67. The molecule has 6 nitrogen and oxygen atoms in total. The van der Waals surface area contributed by atoms with Crippen LogP contribution in [0, 0.1) is 0 Å². The summed E-state index contributed by atoms with van der Waals surface area (Å²) in [6, 6.07) is 11.3. The summed E-state index contributed by atoms with van der Waals surface area (Å²) in [6.45, 7) is 4.62. The van der Waals surface area contributed by atoms with Crippen LogP contribution >= 0.6 is 11.8 Å². The van der Waals surface area contributed by atoms with E-state index >= 15 is 0 Å². The lowest BCUT2D eigenvalue weighted by atomic mass is 10.3. The van der Waals surface area contributed by atoms with Crippen molar-refractivity contribution in [2.75, 3.05) is 24.6 Å². The first-order chi connectivity index (χ1) is 13.2. The number of aliphatic imine (C=N–C) groups is 1.